The van der Waals surface area contributed by atoms with E-state index >= 15 is 0 Å². The summed E-state index contributed by atoms with van der Waals surface area (Å²) >= 11 is 3.64. The highest BCUT2D eigenvalue weighted by atomic mass is 79.9. The Morgan fingerprint density at radius 2 is 1.74 bits per heavy atom. The Balaban J connectivity index is 1.76. The highest BCUT2D eigenvalue weighted by molar-refractivity contribution is 9.10. The van der Waals surface area contributed by atoms with Gasteiger partial charge >= 0.3 is 0 Å². The Morgan fingerprint density at radius 3 is 2.41 bits per heavy atom. The molecule has 1 heterocycles. The first-order valence-corrected chi connectivity index (χ1v) is 13.5. The molecule has 3 aromatic carbocycles. The van der Waals surface area contributed by atoms with Crippen LogP contribution in [-0.4, -0.2) is 62.7 Å². The van der Waals surface area contributed by atoms with E-state index in [2.05, 4.69) is 21.2 Å². The number of nitrogens with one attached hydrogen (secondary N) is 1. The third kappa shape index (κ3) is 6.86. The average molecular weight is 598 g/mol. The summed E-state index contributed by atoms with van der Waals surface area (Å²) in [5.74, 6) is 0.737. The lowest BCUT2D eigenvalue weighted by Gasteiger charge is -2.31. The van der Waals surface area contributed by atoms with Crippen molar-refractivity contribution in [1.29, 1.82) is 0 Å². The standard InChI is InChI=1S/C30H33BrN2O6/c1-36-26(37-2)20-32-29(35)30(19-23-11-6-7-12-25(23)31)27(21-9-4-3-5-10-21)39-28(33-30)22-13-15-24(16-14-22)38-18-8-17-34/h3-7,9-16,26-27,34H,8,17-20H2,1-2H3,(H,32,35)/t27-,30-/m1/s1. The SMILES string of the molecule is COC(CNC(=O)[C@]1(Cc2ccccc2Br)N=C(c2ccc(OCCCO)cc2)O[C@@H]1c1ccccc1)OC. The van der Waals surface area contributed by atoms with Gasteiger partial charge in [0.15, 0.2) is 17.9 Å². The summed E-state index contributed by atoms with van der Waals surface area (Å²) in [4.78, 5) is 19.1. The van der Waals surface area contributed by atoms with Gasteiger partial charge in [-0.3, -0.25) is 4.79 Å². The zero-order chi connectivity index (χ0) is 27.7. The number of amides is 1. The first-order chi connectivity index (χ1) is 19.0. The van der Waals surface area contributed by atoms with Crippen molar-refractivity contribution in [1.82, 2.24) is 5.32 Å². The first kappa shape index (κ1) is 28.8. The fourth-order valence-corrected chi connectivity index (χ4v) is 4.86. The van der Waals surface area contributed by atoms with Crippen LogP contribution < -0.4 is 10.1 Å². The molecule has 9 heteroatoms. The second-order valence-electron chi connectivity index (χ2n) is 9.08. The molecule has 0 fully saturated rings. The maximum absolute atomic E-state index is 14.1. The fraction of sp³-hybridized carbons (Fsp3) is 0.333. The number of aliphatic imine (C=N–C) groups is 1. The molecular weight excluding hydrogens is 564 g/mol. The van der Waals surface area contributed by atoms with Gasteiger partial charge in [-0.1, -0.05) is 64.5 Å². The first-order valence-electron chi connectivity index (χ1n) is 12.7. The van der Waals surface area contributed by atoms with Crippen molar-refractivity contribution in [2.24, 2.45) is 4.99 Å². The van der Waals surface area contributed by atoms with E-state index < -0.39 is 17.9 Å². The number of benzene rings is 3. The number of carbonyl (C=O) groups excluding carboxylic acids is 1. The molecule has 39 heavy (non-hydrogen) atoms. The molecule has 0 bridgehead atoms. The van der Waals surface area contributed by atoms with Crippen molar-refractivity contribution in [2.75, 3.05) is 34.0 Å². The molecule has 0 aromatic heterocycles. The van der Waals surface area contributed by atoms with E-state index in [1.807, 2.05) is 78.9 Å². The van der Waals surface area contributed by atoms with Gasteiger partial charge in [-0.25, -0.2) is 4.99 Å². The number of aliphatic hydroxyl groups is 1. The summed E-state index contributed by atoms with van der Waals surface area (Å²) in [6.07, 6.45) is -0.453. The molecule has 1 amide bonds. The molecule has 0 saturated heterocycles. The van der Waals surface area contributed by atoms with Crippen LogP contribution in [-0.2, 0) is 25.4 Å². The van der Waals surface area contributed by atoms with Gasteiger partial charge in [-0.05, 0) is 41.5 Å². The second-order valence-corrected chi connectivity index (χ2v) is 9.93. The van der Waals surface area contributed by atoms with Crippen LogP contribution in [0, 0.1) is 0 Å². The highest BCUT2D eigenvalue weighted by Crippen LogP contribution is 2.43. The maximum Gasteiger partial charge on any atom is 0.252 e. The lowest BCUT2D eigenvalue weighted by atomic mass is 9.82. The Morgan fingerprint density at radius 1 is 1.05 bits per heavy atom. The summed E-state index contributed by atoms with van der Waals surface area (Å²) in [7, 11) is 3.05. The van der Waals surface area contributed by atoms with Gasteiger partial charge in [0.1, 0.15) is 5.75 Å². The van der Waals surface area contributed by atoms with Crippen molar-refractivity contribution < 1.29 is 28.8 Å². The quantitative estimate of drug-likeness (QED) is 0.223. The van der Waals surface area contributed by atoms with E-state index in [-0.39, 0.29) is 25.5 Å². The minimum atomic E-state index is -1.32. The van der Waals surface area contributed by atoms with E-state index in [4.69, 9.17) is 29.0 Å². The molecule has 0 saturated carbocycles. The summed E-state index contributed by atoms with van der Waals surface area (Å²) in [6, 6.07) is 24.8. The number of halogens is 1. The van der Waals surface area contributed by atoms with Crippen LogP contribution in [0.15, 0.2) is 88.3 Å². The van der Waals surface area contributed by atoms with Gasteiger partial charge < -0.3 is 29.4 Å². The number of nitrogens with zero attached hydrogens (tertiary/aromatic N) is 1. The summed E-state index contributed by atoms with van der Waals surface area (Å²) in [5, 5.41) is 12.0. The van der Waals surface area contributed by atoms with Crippen molar-refractivity contribution in [3.05, 3.63) is 100 Å². The Bertz CT molecular complexity index is 1250. The smallest absolute Gasteiger partial charge is 0.252 e. The van der Waals surface area contributed by atoms with Gasteiger partial charge in [-0.15, -0.1) is 0 Å². The van der Waals surface area contributed by atoms with Crippen LogP contribution in [0.4, 0.5) is 0 Å². The number of aliphatic hydroxyl groups excluding tert-OH is 1. The number of hydrogen-bond donors (Lipinski definition) is 2. The molecule has 0 spiro atoms. The number of ether oxygens (including phenoxy) is 4. The number of rotatable bonds is 13. The van der Waals surface area contributed by atoms with E-state index in [1.54, 1.807) is 0 Å². The van der Waals surface area contributed by atoms with Gasteiger partial charge in [0.25, 0.3) is 5.91 Å². The van der Waals surface area contributed by atoms with E-state index in [1.165, 1.54) is 14.2 Å². The van der Waals surface area contributed by atoms with Crippen LogP contribution in [0.1, 0.15) is 29.2 Å². The molecule has 1 aliphatic heterocycles. The summed E-state index contributed by atoms with van der Waals surface area (Å²) in [6.45, 7) is 0.638. The van der Waals surface area contributed by atoms with Crippen molar-refractivity contribution in [3.63, 3.8) is 0 Å². The molecule has 3 aromatic rings. The lowest BCUT2D eigenvalue weighted by molar-refractivity contribution is -0.134. The normalized spacial score (nSPS) is 18.5. The van der Waals surface area contributed by atoms with Gasteiger partial charge in [-0.2, -0.15) is 0 Å². The van der Waals surface area contributed by atoms with Crippen LogP contribution in [0.25, 0.3) is 0 Å². The maximum atomic E-state index is 14.1. The Labute approximate surface area is 237 Å². The molecule has 0 radical (unpaired) electrons. The zero-order valence-electron chi connectivity index (χ0n) is 22.0. The van der Waals surface area contributed by atoms with E-state index in [0.29, 0.717) is 24.7 Å². The van der Waals surface area contributed by atoms with Gasteiger partial charge in [0.05, 0.1) is 13.2 Å². The highest BCUT2D eigenvalue weighted by Gasteiger charge is 2.53. The molecule has 206 valence electrons. The molecule has 8 nitrogen and oxygen atoms in total. The summed E-state index contributed by atoms with van der Waals surface area (Å²) < 4.78 is 23.7. The van der Waals surface area contributed by atoms with Gasteiger partial charge in [0, 0.05) is 43.7 Å². The topological polar surface area (TPSA) is 98.6 Å². The fourth-order valence-electron chi connectivity index (χ4n) is 4.43. The van der Waals surface area contributed by atoms with E-state index in [0.717, 1.165) is 21.2 Å². The Kier molecular flexibility index (Phi) is 10.1. The molecule has 2 N–H and O–H groups in total. The number of carbonyl (C=O) groups is 1. The lowest BCUT2D eigenvalue weighted by Crippen LogP contribution is -2.51. The zero-order valence-corrected chi connectivity index (χ0v) is 23.6. The second kappa shape index (κ2) is 13.7. The minimum absolute atomic E-state index is 0.0702. The largest absolute Gasteiger partial charge is 0.494 e. The molecule has 0 unspecified atom stereocenters. The van der Waals surface area contributed by atoms with Crippen molar-refractivity contribution in [2.45, 2.75) is 30.8 Å². The predicted molar refractivity (Wildman–Crippen MR) is 152 cm³/mol. The molecule has 2 atom stereocenters. The monoisotopic (exact) mass is 596 g/mol. The minimum Gasteiger partial charge on any atom is -0.494 e. The molecular formula is C30H33BrN2O6. The number of methoxy groups -OCH3 is 2. The Hall–Kier alpha value is -3.24. The number of hydrogen-bond acceptors (Lipinski definition) is 7. The third-order valence-electron chi connectivity index (χ3n) is 6.51. The van der Waals surface area contributed by atoms with Crippen molar-refractivity contribution >= 4 is 27.7 Å². The van der Waals surface area contributed by atoms with Crippen LogP contribution in [0.5, 0.6) is 5.75 Å². The molecule has 4 rings (SSSR count). The predicted octanol–water partition coefficient (Wildman–Crippen LogP) is 4.45. The van der Waals surface area contributed by atoms with E-state index in [9.17, 15) is 4.79 Å². The van der Waals surface area contributed by atoms with Crippen LogP contribution in [0.2, 0.25) is 0 Å². The average Bonchev–Trinajstić information content (AvgIpc) is 3.36. The summed E-state index contributed by atoms with van der Waals surface area (Å²) in [5.41, 5.74) is 1.16. The van der Waals surface area contributed by atoms with Crippen LogP contribution in [0.3, 0.4) is 0 Å². The van der Waals surface area contributed by atoms with Gasteiger partial charge in [0.2, 0.25) is 5.90 Å². The third-order valence-corrected chi connectivity index (χ3v) is 7.28. The van der Waals surface area contributed by atoms with Crippen molar-refractivity contribution in [3.8, 4) is 5.75 Å². The van der Waals surface area contributed by atoms with Crippen LogP contribution >= 0.6 is 15.9 Å². The molecule has 0 aliphatic carbocycles. The molecule has 1 aliphatic rings.